The van der Waals surface area contributed by atoms with Gasteiger partial charge in [-0.25, -0.2) is 0 Å². The Labute approximate surface area is 177 Å². The molecule has 0 fully saturated rings. The van der Waals surface area contributed by atoms with Gasteiger partial charge < -0.3 is 0 Å². The topological polar surface area (TPSA) is 39.9 Å². The van der Waals surface area contributed by atoms with E-state index in [0.29, 0.717) is 17.5 Å². The molecule has 0 radical (unpaired) electrons. The Morgan fingerprint density at radius 2 is 2.04 bits per heavy atom. The SMILES string of the molecule is COC[C@H](CF)n1cc(C)c2nc(-c3ccc(C(C)C)nc3[AsH]C)c(Cl)cc21. The van der Waals surface area contributed by atoms with E-state index >= 15 is 0 Å². The third-order valence-electron chi connectivity index (χ3n) is 4.87. The Morgan fingerprint density at radius 3 is 2.64 bits per heavy atom. The van der Waals surface area contributed by atoms with Gasteiger partial charge in [-0.3, -0.25) is 0 Å². The van der Waals surface area contributed by atoms with E-state index in [1.807, 2.05) is 23.8 Å². The third-order valence-corrected chi connectivity index (χ3v) is 6.95. The van der Waals surface area contributed by atoms with E-state index < -0.39 is 12.7 Å². The number of aromatic nitrogens is 3. The second kappa shape index (κ2) is 8.94. The molecule has 0 aliphatic heterocycles. The number of ether oxygens (including phenoxy) is 1. The van der Waals surface area contributed by atoms with Crippen LogP contribution in [0.2, 0.25) is 10.7 Å². The molecule has 0 aliphatic carbocycles. The number of rotatable bonds is 7. The van der Waals surface area contributed by atoms with Crippen molar-refractivity contribution in [2.24, 2.45) is 0 Å². The summed E-state index contributed by atoms with van der Waals surface area (Å²) >= 11 is 6.28. The van der Waals surface area contributed by atoms with Gasteiger partial charge in [-0.05, 0) is 0 Å². The first kappa shape index (κ1) is 21.3. The minimum atomic E-state index is -0.512. The number of aryl methyl sites for hydroxylation is 1. The standard InChI is InChI=1S/C21H26AsClFN3O/c1-12(2)17-7-6-15(21(22-4)25-17)20-16(23)8-18-19(26-20)13(3)10-27(18)14(9-24)11-28-5/h6-8,10,12,14,22H,9,11H2,1-5H3/t14-/m0/s1. The molecular formula is C21H26AsClFN3O. The van der Waals surface area contributed by atoms with E-state index in [1.165, 1.54) is 0 Å². The first-order valence-electron chi connectivity index (χ1n) is 9.32. The summed E-state index contributed by atoms with van der Waals surface area (Å²) in [6, 6.07) is 5.64. The molecule has 3 rings (SSSR count). The number of methoxy groups -OCH3 is 1. The van der Waals surface area contributed by atoms with Gasteiger partial charge in [-0.2, -0.15) is 0 Å². The van der Waals surface area contributed by atoms with Gasteiger partial charge in [-0.1, -0.05) is 0 Å². The number of hydrogen-bond acceptors (Lipinski definition) is 3. The van der Waals surface area contributed by atoms with Crippen molar-refractivity contribution in [1.29, 1.82) is 0 Å². The van der Waals surface area contributed by atoms with Gasteiger partial charge in [0.05, 0.1) is 0 Å². The summed E-state index contributed by atoms with van der Waals surface area (Å²) in [6.07, 6.45) is 1.93. The average Bonchev–Trinajstić information content (AvgIpc) is 3.00. The summed E-state index contributed by atoms with van der Waals surface area (Å²) in [5.74, 6) is 0.381. The van der Waals surface area contributed by atoms with Crippen LogP contribution in [0.15, 0.2) is 24.4 Å². The van der Waals surface area contributed by atoms with Crippen molar-refractivity contribution in [3.05, 3.63) is 40.7 Å². The van der Waals surface area contributed by atoms with Crippen LogP contribution in [0.5, 0.6) is 0 Å². The first-order chi connectivity index (χ1) is 13.4. The van der Waals surface area contributed by atoms with Crippen LogP contribution in [0.1, 0.15) is 37.1 Å². The summed E-state index contributed by atoms with van der Waals surface area (Å²) in [6.45, 7) is 6.06. The molecule has 0 aliphatic rings. The summed E-state index contributed by atoms with van der Waals surface area (Å²) in [7, 11) is 1.58. The molecule has 2 atom stereocenters. The predicted molar refractivity (Wildman–Crippen MR) is 116 cm³/mol. The molecule has 3 heterocycles. The van der Waals surface area contributed by atoms with Crippen LogP contribution in [0.3, 0.4) is 0 Å². The Hall–Kier alpha value is -1.42. The number of alkyl halides is 1. The Kier molecular flexibility index (Phi) is 6.80. The van der Waals surface area contributed by atoms with Gasteiger partial charge >= 0.3 is 177 Å². The molecule has 3 aromatic rings. The molecule has 7 heteroatoms. The molecule has 0 spiro atoms. The fourth-order valence-electron chi connectivity index (χ4n) is 3.37. The maximum atomic E-state index is 13.6. The van der Waals surface area contributed by atoms with E-state index in [0.717, 1.165) is 38.0 Å². The van der Waals surface area contributed by atoms with Crippen molar-refractivity contribution in [1.82, 2.24) is 14.5 Å². The van der Waals surface area contributed by atoms with Crippen LogP contribution in [0.25, 0.3) is 22.3 Å². The second-order valence-corrected chi connectivity index (χ2v) is 9.66. The normalized spacial score (nSPS) is 13.3. The number of fused-ring (bicyclic) bond motifs is 1. The van der Waals surface area contributed by atoms with Gasteiger partial charge in [0.15, 0.2) is 0 Å². The van der Waals surface area contributed by atoms with E-state index in [4.69, 9.17) is 26.3 Å². The van der Waals surface area contributed by atoms with Gasteiger partial charge in [0.25, 0.3) is 0 Å². The van der Waals surface area contributed by atoms with Gasteiger partial charge in [0.2, 0.25) is 0 Å². The van der Waals surface area contributed by atoms with Crippen molar-refractivity contribution in [3.8, 4) is 11.3 Å². The second-order valence-electron chi connectivity index (χ2n) is 7.21. The van der Waals surface area contributed by atoms with Crippen molar-refractivity contribution in [2.45, 2.75) is 38.4 Å². The number of pyridine rings is 2. The fraction of sp³-hybridized carbons (Fsp3) is 0.429. The minimum absolute atomic E-state index is 0.296. The number of nitrogens with zero attached hydrogens (tertiary/aromatic N) is 3. The van der Waals surface area contributed by atoms with Crippen LogP contribution < -0.4 is 4.48 Å². The zero-order valence-electron chi connectivity index (χ0n) is 16.9. The molecule has 0 saturated carbocycles. The Morgan fingerprint density at radius 1 is 1.29 bits per heavy atom. The molecule has 0 amide bonds. The third kappa shape index (κ3) is 3.98. The Balaban J connectivity index is 2.17. The van der Waals surface area contributed by atoms with Crippen molar-refractivity contribution < 1.29 is 9.13 Å². The summed E-state index contributed by atoms with van der Waals surface area (Å²) in [5.41, 5.74) is 7.71. The van der Waals surface area contributed by atoms with Crippen LogP contribution in [-0.4, -0.2) is 50.7 Å². The van der Waals surface area contributed by atoms with Crippen LogP contribution >= 0.6 is 11.6 Å². The molecule has 3 aromatic heterocycles. The van der Waals surface area contributed by atoms with Crippen LogP contribution in [-0.2, 0) is 4.74 Å². The van der Waals surface area contributed by atoms with Crippen LogP contribution in [0.4, 0.5) is 4.39 Å². The average molecular weight is 466 g/mol. The molecule has 0 bridgehead atoms. The molecular weight excluding hydrogens is 440 g/mol. The number of halogens is 2. The van der Waals surface area contributed by atoms with E-state index in [-0.39, 0.29) is 15.8 Å². The molecule has 4 nitrogen and oxygen atoms in total. The van der Waals surface area contributed by atoms with E-state index in [2.05, 4.69) is 31.7 Å². The van der Waals surface area contributed by atoms with Gasteiger partial charge in [-0.15, -0.1) is 0 Å². The first-order valence-corrected chi connectivity index (χ1v) is 12.8. The quantitative estimate of drug-likeness (QED) is 0.484. The molecule has 1 unspecified atom stereocenters. The van der Waals surface area contributed by atoms with E-state index in [9.17, 15) is 4.39 Å². The molecule has 0 aromatic carbocycles. The predicted octanol–water partition coefficient (Wildman–Crippen LogP) is 4.45. The zero-order chi connectivity index (χ0) is 20.4. The van der Waals surface area contributed by atoms with Crippen molar-refractivity contribution in [3.63, 3.8) is 0 Å². The molecule has 28 heavy (non-hydrogen) atoms. The Bertz CT molecular complexity index is 989. The van der Waals surface area contributed by atoms with Crippen molar-refractivity contribution >= 4 is 42.9 Å². The molecule has 0 saturated heterocycles. The van der Waals surface area contributed by atoms with Gasteiger partial charge in [0, 0.05) is 0 Å². The van der Waals surface area contributed by atoms with E-state index in [1.54, 1.807) is 7.11 Å². The number of hydrogen-bond donors (Lipinski definition) is 0. The maximum absolute atomic E-state index is 13.6. The summed E-state index contributed by atoms with van der Waals surface area (Å²) in [4.78, 5) is 9.76. The monoisotopic (exact) mass is 465 g/mol. The summed E-state index contributed by atoms with van der Waals surface area (Å²) in [5, 5.41) is 0.558. The molecule has 0 N–H and O–H groups in total. The zero-order valence-corrected chi connectivity index (χ0v) is 19.7. The summed E-state index contributed by atoms with van der Waals surface area (Å²) < 4.78 is 21.7. The van der Waals surface area contributed by atoms with Crippen molar-refractivity contribution in [2.75, 3.05) is 20.4 Å². The van der Waals surface area contributed by atoms with Crippen LogP contribution in [0, 0.1) is 6.92 Å². The van der Waals surface area contributed by atoms with Gasteiger partial charge in [0.1, 0.15) is 0 Å². The molecule has 150 valence electrons. The fourth-order valence-corrected chi connectivity index (χ4v) is 5.11.